The van der Waals surface area contributed by atoms with Crippen LogP contribution in [-0.4, -0.2) is 35.1 Å². The van der Waals surface area contributed by atoms with Gasteiger partial charge in [-0.15, -0.1) is 0 Å². The number of rotatable bonds is 6. The first-order chi connectivity index (χ1) is 7.24. The van der Waals surface area contributed by atoms with Gasteiger partial charge >= 0.3 is 0 Å². The molecule has 0 aromatic rings. The molecule has 3 nitrogen and oxygen atoms in total. The molecule has 0 bridgehead atoms. The van der Waals surface area contributed by atoms with Crippen molar-refractivity contribution >= 4 is 0 Å². The SMILES string of the molecule is CCCCO.CCCCO.CCCCO.[Zr].[Zr]. The predicted octanol–water partition coefficient (Wildman–Crippen LogP) is 2.33. The van der Waals surface area contributed by atoms with E-state index in [1.165, 1.54) is 0 Å². The smallest absolute Gasteiger partial charge is 0.0430 e. The van der Waals surface area contributed by atoms with Gasteiger partial charge in [0, 0.05) is 72.2 Å². The van der Waals surface area contributed by atoms with Gasteiger partial charge in [-0.3, -0.25) is 0 Å². The molecule has 0 unspecified atom stereocenters. The van der Waals surface area contributed by atoms with E-state index in [1.807, 2.05) is 0 Å². The molecule has 0 aliphatic rings. The molecule has 0 saturated carbocycles. The molecular formula is C12H30O3Zr2. The Balaban J connectivity index is -0.0000000400. The number of aliphatic hydroxyl groups excluding tert-OH is 3. The van der Waals surface area contributed by atoms with Crippen LogP contribution in [0.2, 0.25) is 0 Å². The molecule has 0 aromatic heterocycles. The minimum atomic E-state index is 0. The van der Waals surface area contributed by atoms with Gasteiger partial charge in [0.15, 0.2) is 0 Å². The van der Waals surface area contributed by atoms with Gasteiger partial charge in [0.2, 0.25) is 0 Å². The third kappa shape index (κ3) is 73.9. The number of aliphatic hydroxyl groups is 3. The first kappa shape index (κ1) is 31.2. The van der Waals surface area contributed by atoms with Crippen molar-refractivity contribution in [3.05, 3.63) is 0 Å². The molecule has 5 heteroatoms. The average Bonchev–Trinajstić information content (AvgIpc) is 2.23. The van der Waals surface area contributed by atoms with Crippen LogP contribution in [0.4, 0.5) is 0 Å². The molecule has 3 N–H and O–H groups in total. The second-order valence-electron chi connectivity index (χ2n) is 3.23. The van der Waals surface area contributed by atoms with Crippen molar-refractivity contribution in [1.82, 2.24) is 0 Å². The van der Waals surface area contributed by atoms with Gasteiger partial charge in [0.05, 0.1) is 0 Å². The summed E-state index contributed by atoms with van der Waals surface area (Å²) in [5, 5.41) is 24.2. The molecule has 0 spiro atoms. The molecule has 0 radical (unpaired) electrons. The Bertz CT molecular complexity index is 56.5. The van der Waals surface area contributed by atoms with E-state index in [-0.39, 0.29) is 52.4 Å². The first-order valence-electron chi connectivity index (χ1n) is 6.07. The van der Waals surface area contributed by atoms with Crippen LogP contribution >= 0.6 is 0 Å². The minimum Gasteiger partial charge on any atom is -0.396 e. The number of hydrogen-bond donors (Lipinski definition) is 3. The molecule has 0 rings (SSSR count). The van der Waals surface area contributed by atoms with Crippen molar-refractivity contribution in [2.24, 2.45) is 0 Å². The zero-order valence-corrected chi connectivity index (χ0v) is 16.6. The van der Waals surface area contributed by atoms with Crippen molar-refractivity contribution in [2.45, 2.75) is 59.3 Å². The summed E-state index contributed by atoms with van der Waals surface area (Å²) in [4.78, 5) is 0. The fourth-order valence-corrected chi connectivity index (χ4v) is 0.474. The first-order valence-corrected chi connectivity index (χ1v) is 6.07. The van der Waals surface area contributed by atoms with E-state index in [4.69, 9.17) is 15.3 Å². The summed E-state index contributed by atoms with van der Waals surface area (Å²) in [5.41, 5.74) is 0. The van der Waals surface area contributed by atoms with Crippen LogP contribution in [-0.2, 0) is 52.4 Å². The van der Waals surface area contributed by atoms with E-state index in [9.17, 15) is 0 Å². The Morgan fingerprint density at radius 3 is 0.706 bits per heavy atom. The van der Waals surface area contributed by atoms with Gasteiger partial charge in [-0.05, 0) is 19.3 Å². The second kappa shape index (κ2) is 43.1. The van der Waals surface area contributed by atoms with Crippen LogP contribution in [0.3, 0.4) is 0 Å². The van der Waals surface area contributed by atoms with Gasteiger partial charge in [-0.25, -0.2) is 0 Å². The van der Waals surface area contributed by atoms with E-state index in [0.29, 0.717) is 19.8 Å². The third-order valence-electron chi connectivity index (χ3n) is 1.54. The Morgan fingerprint density at radius 1 is 0.529 bits per heavy atom. The summed E-state index contributed by atoms with van der Waals surface area (Å²) in [5.74, 6) is 0. The van der Waals surface area contributed by atoms with Crippen LogP contribution in [0.15, 0.2) is 0 Å². The summed E-state index contributed by atoms with van der Waals surface area (Å²) in [6.45, 7) is 7.19. The number of hydrogen-bond acceptors (Lipinski definition) is 3. The normalized spacial score (nSPS) is 7.41. The summed E-state index contributed by atoms with van der Waals surface area (Å²) in [6.07, 6.45) is 6.11. The summed E-state index contributed by atoms with van der Waals surface area (Å²) < 4.78 is 0. The van der Waals surface area contributed by atoms with Gasteiger partial charge in [0.1, 0.15) is 0 Å². The van der Waals surface area contributed by atoms with E-state index >= 15 is 0 Å². The zero-order chi connectivity index (χ0) is 12.4. The van der Waals surface area contributed by atoms with E-state index in [2.05, 4.69) is 20.8 Å². The Morgan fingerprint density at radius 2 is 0.706 bits per heavy atom. The minimum absolute atomic E-state index is 0. The van der Waals surface area contributed by atoms with Gasteiger partial charge in [0.25, 0.3) is 0 Å². The molecule has 0 aliphatic carbocycles. The van der Waals surface area contributed by atoms with Crippen LogP contribution in [0, 0.1) is 0 Å². The van der Waals surface area contributed by atoms with E-state index in [0.717, 1.165) is 38.5 Å². The second-order valence-corrected chi connectivity index (χ2v) is 3.23. The molecule has 0 atom stereocenters. The third-order valence-corrected chi connectivity index (χ3v) is 1.54. The monoisotopic (exact) mass is 402 g/mol. The van der Waals surface area contributed by atoms with Crippen molar-refractivity contribution < 1.29 is 67.7 Å². The van der Waals surface area contributed by atoms with Crippen molar-refractivity contribution in [2.75, 3.05) is 19.8 Å². The van der Waals surface area contributed by atoms with Gasteiger partial charge < -0.3 is 15.3 Å². The van der Waals surface area contributed by atoms with Crippen LogP contribution in [0.25, 0.3) is 0 Å². The fraction of sp³-hybridized carbons (Fsp3) is 1.00. The van der Waals surface area contributed by atoms with Crippen LogP contribution in [0.1, 0.15) is 59.3 Å². The van der Waals surface area contributed by atoms with E-state index in [1.54, 1.807) is 0 Å². The Hall–Kier alpha value is 1.65. The predicted molar refractivity (Wildman–Crippen MR) is 66.0 cm³/mol. The zero-order valence-electron chi connectivity index (χ0n) is 11.7. The maximum atomic E-state index is 8.07. The standard InChI is InChI=1S/3C4H10O.2Zr/c3*1-2-3-4-5;;/h3*5H,2-4H2,1H3;;. The maximum Gasteiger partial charge on any atom is 0.0430 e. The van der Waals surface area contributed by atoms with Crippen LogP contribution in [0.5, 0.6) is 0 Å². The van der Waals surface area contributed by atoms with Crippen molar-refractivity contribution in [3.63, 3.8) is 0 Å². The largest absolute Gasteiger partial charge is 0.396 e. The number of unbranched alkanes of at least 4 members (excludes halogenated alkanes) is 3. The molecule has 0 saturated heterocycles. The molecule has 17 heavy (non-hydrogen) atoms. The summed E-state index contributed by atoms with van der Waals surface area (Å²) >= 11 is 0. The summed E-state index contributed by atoms with van der Waals surface area (Å²) in [7, 11) is 0. The van der Waals surface area contributed by atoms with Gasteiger partial charge in [-0.2, -0.15) is 0 Å². The average molecular weight is 405 g/mol. The molecule has 0 fully saturated rings. The quantitative estimate of drug-likeness (QED) is 0.637. The summed E-state index contributed by atoms with van der Waals surface area (Å²) in [6, 6.07) is 0. The molecule has 104 valence electrons. The molecular weight excluding hydrogens is 375 g/mol. The molecule has 0 aromatic carbocycles. The van der Waals surface area contributed by atoms with Crippen molar-refractivity contribution in [1.29, 1.82) is 0 Å². The van der Waals surface area contributed by atoms with Crippen molar-refractivity contribution in [3.8, 4) is 0 Å². The molecule has 0 heterocycles. The molecule has 0 aliphatic heterocycles. The van der Waals surface area contributed by atoms with E-state index < -0.39 is 0 Å². The van der Waals surface area contributed by atoms with Crippen LogP contribution < -0.4 is 0 Å². The fourth-order valence-electron chi connectivity index (χ4n) is 0.474. The Kier molecular flexibility index (Phi) is 79.1. The maximum absolute atomic E-state index is 8.07. The Labute approximate surface area is 146 Å². The van der Waals surface area contributed by atoms with Gasteiger partial charge in [-0.1, -0.05) is 40.0 Å². The molecule has 0 amide bonds. The topological polar surface area (TPSA) is 60.7 Å².